The zero-order chi connectivity index (χ0) is 17.8. The van der Waals surface area contributed by atoms with Crippen molar-refractivity contribution in [2.45, 2.75) is 65.2 Å². The number of hydrogen-bond acceptors (Lipinski definition) is 0. The number of rotatable bonds is 12. The quantitative estimate of drug-likeness (QED) is 0.278. The summed E-state index contributed by atoms with van der Waals surface area (Å²) in [6, 6.07) is 22.4. The summed E-state index contributed by atoms with van der Waals surface area (Å²) in [6.45, 7) is 7.00. The molecule has 0 aliphatic rings. The van der Waals surface area contributed by atoms with E-state index in [0.717, 1.165) is 4.48 Å². The number of benzene rings is 2. The molecule has 0 spiro atoms. The van der Waals surface area contributed by atoms with Gasteiger partial charge in [-0.25, -0.2) is 0 Å². The van der Waals surface area contributed by atoms with E-state index in [1.165, 1.54) is 75.8 Å². The molecule has 0 aromatic heterocycles. The first-order chi connectivity index (χ1) is 12.3. The fraction of sp³-hybridized carbons (Fsp3) is 0.500. The molecule has 0 saturated heterocycles. The van der Waals surface area contributed by atoms with E-state index in [1.807, 2.05) is 0 Å². The van der Waals surface area contributed by atoms with Gasteiger partial charge >= 0.3 is 0 Å². The first-order valence-electron chi connectivity index (χ1n) is 10.3. The third-order valence-electron chi connectivity index (χ3n) is 5.29. The lowest BCUT2D eigenvalue weighted by Gasteiger charge is -2.38. The molecule has 0 N–H and O–H groups in total. The lowest BCUT2D eigenvalue weighted by molar-refractivity contribution is 0.356. The largest absolute Gasteiger partial charge is 0.259 e. The molecule has 0 atom stereocenters. The fourth-order valence-corrected chi connectivity index (χ4v) is 3.82. The van der Waals surface area contributed by atoms with Crippen LogP contribution in [-0.4, -0.2) is 13.1 Å². The Morgan fingerprint density at radius 3 is 1.28 bits per heavy atom. The molecule has 0 aliphatic carbocycles. The Labute approximate surface area is 155 Å². The van der Waals surface area contributed by atoms with E-state index in [-0.39, 0.29) is 0 Å². The third kappa shape index (κ3) is 5.71. The molecule has 1 nitrogen and oxygen atoms in total. The minimum Gasteiger partial charge on any atom is -0.259 e. The average Bonchev–Trinajstić information content (AvgIpc) is 2.68. The minimum absolute atomic E-state index is 1.01. The summed E-state index contributed by atoms with van der Waals surface area (Å²) in [5, 5.41) is 0. The van der Waals surface area contributed by atoms with Crippen LogP contribution < -0.4 is 4.48 Å². The van der Waals surface area contributed by atoms with Crippen LogP contribution in [0.1, 0.15) is 65.2 Å². The molecular formula is C24H36N+. The van der Waals surface area contributed by atoms with Crippen molar-refractivity contribution in [3.8, 4) is 0 Å². The number of para-hydroxylation sites is 2. The Balaban J connectivity index is 2.30. The van der Waals surface area contributed by atoms with Crippen LogP contribution in [-0.2, 0) is 0 Å². The zero-order valence-electron chi connectivity index (χ0n) is 16.3. The van der Waals surface area contributed by atoms with Crippen molar-refractivity contribution in [2.75, 3.05) is 13.1 Å². The zero-order valence-corrected chi connectivity index (χ0v) is 16.3. The first-order valence-corrected chi connectivity index (χ1v) is 10.3. The van der Waals surface area contributed by atoms with Gasteiger partial charge in [0.2, 0.25) is 0 Å². The number of quaternary nitrogens is 1. The Kier molecular flexibility index (Phi) is 8.76. The van der Waals surface area contributed by atoms with Gasteiger partial charge in [-0.3, -0.25) is 4.48 Å². The maximum Gasteiger partial charge on any atom is 0.137 e. The predicted octanol–water partition coefficient (Wildman–Crippen LogP) is 7.49. The van der Waals surface area contributed by atoms with Crippen molar-refractivity contribution in [3.05, 3.63) is 60.7 Å². The van der Waals surface area contributed by atoms with Crippen molar-refractivity contribution in [1.29, 1.82) is 0 Å². The standard InChI is InChI=1S/C24H36N/c1-3-5-7-15-21-25(22-16-8-6-4-2,23-17-11-9-12-18-23)24-19-13-10-14-20-24/h9-14,17-20H,3-8,15-16,21-22H2,1-2H3/q+1. The van der Waals surface area contributed by atoms with Crippen molar-refractivity contribution < 1.29 is 0 Å². The van der Waals surface area contributed by atoms with Gasteiger partial charge in [-0.15, -0.1) is 0 Å². The molecule has 0 saturated carbocycles. The van der Waals surface area contributed by atoms with Gasteiger partial charge in [-0.05, 0) is 49.9 Å². The highest BCUT2D eigenvalue weighted by atomic mass is 15.4. The Hall–Kier alpha value is -1.60. The van der Waals surface area contributed by atoms with Crippen molar-refractivity contribution in [3.63, 3.8) is 0 Å². The molecule has 0 bridgehead atoms. The molecule has 0 amide bonds. The Morgan fingerprint density at radius 1 is 0.520 bits per heavy atom. The van der Waals surface area contributed by atoms with Crippen LogP contribution in [0.25, 0.3) is 0 Å². The van der Waals surface area contributed by atoms with Gasteiger partial charge < -0.3 is 0 Å². The van der Waals surface area contributed by atoms with Gasteiger partial charge in [0, 0.05) is 0 Å². The van der Waals surface area contributed by atoms with E-state index >= 15 is 0 Å². The van der Waals surface area contributed by atoms with E-state index in [0.29, 0.717) is 0 Å². The van der Waals surface area contributed by atoms with Crippen molar-refractivity contribution >= 4 is 11.4 Å². The third-order valence-corrected chi connectivity index (χ3v) is 5.29. The molecule has 0 heterocycles. The maximum atomic E-state index is 2.33. The van der Waals surface area contributed by atoms with Crippen LogP contribution in [0.5, 0.6) is 0 Å². The normalized spacial score (nSPS) is 11.6. The Bertz CT molecular complexity index is 508. The minimum atomic E-state index is 1.01. The maximum absolute atomic E-state index is 2.33. The summed E-state index contributed by atoms with van der Waals surface area (Å²) < 4.78 is 1.01. The van der Waals surface area contributed by atoms with Crippen LogP contribution in [0, 0.1) is 0 Å². The second-order valence-electron chi connectivity index (χ2n) is 7.21. The first kappa shape index (κ1) is 19.7. The average molecular weight is 339 g/mol. The monoisotopic (exact) mass is 338 g/mol. The van der Waals surface area contributed by atoms with Crippen LogP contribution in [0.4, 0.5) is 11.4 Å². The van der Waals surface area contributed by atoms with E-state index in [4.69, 9.17) is 0 Å². The highest BCUT2D eigenvalue weighted by Crippen LogP contribution is 2.36. The smallest absolute Gasteiger partial charge is 0.137 e. The van der Waals surface area contributed by atoms with E-state index < -0.39 is 0 Å². The van der Waals surface area contributed by atoms with E-state index in [2.05, 4.69) is 74.5 Å². The van der Waals surface area contributed by atoms with Crippen LogP contribution in [0.3, 0.4) is 0 Å². The molecule has 136 valence electrons. The van der Waals surface area contributed by atoms with Crippen molar-refractivity contribution in [1.82, 2.24) is 4.48 Å². The topological polar surface area (TPSA) is 0 Å². The molecule has 0 radical (unpaired) electrons. The highest BCUT2D eigenvalue weighted by molar-refractivity contribution is 5.58. The summed E-state index contributed by atoms with van der Waals surface area (Å²) in [5.74, 6) is 0. The molecule has 0 aliphatic heterocycles. The lowest BCUT2D eigenvalue weighted by Crippen LogP contribution is -2.46. The van der Waals surface area contributed by atoms with Crippen LogP contribution in [0.2, 0.25) is 0 Å². The summed E-state index contributed by atoms with van der Waals surface area (Å²) in [4.78, 5) is 0. The molecule has 2 aromatic rings. The van der Waals surface area contributed by atoms with Gasteiger partial charge in [0.05, 0.1) is 13.1 Å². The molecule has 0 fully saturated rings. The van der Waals surface area contributed by atoms with E-state index in [1.54, 1.807) is 0 Å². The van der Waals surface area contributed by atoms with Crippen molar-refractivity contribution in [2.24, 2.45) is 0 Å². The molecule has 25 heavy (non-hydrogen) atoms. The summed E-state index contributed by atoms with van der Waals surface area (Å²) in [7, 11) is 0. The number of hydrogen-bond donors (Lipinski definition) is 0. The van der Waals surface area contributed by atoms with Gasteiger partial charge in [-0.1, -0.05) is 75.9 Å². The summed E-state index contributed by atoms with van der Waals surface area (Å²) in [6.07, 6.45) is 10.6. The number of unbranched alkanes of at least 4 members (excludes halogenated alkanes) is 6. The predicted molar refractivity (Wildman–Crippen MR) is 112 cm³/mol. The molecule has 2 aromatic carbocycles. The highest BCUT2D eigenvalue weighted by Gasteiger charge is 2.32. The van der Waals surface area contributed by atoms with Gasteiger partial charge in [0.25, 0.3) is 0 Å². The second kappa shape index (κ2) is 11.1. The Morgan fingerprint density at radius 2 is 0.920 bits per heavy atom. The fourth-order valence-electron chi connectivity index (χ4n) is 3.82. The second-order valence-corrected chi connectivity index (χ2v) is 7.21. The number of nitrogens with zero attached hydrogens (tertiary/aromatic N) is 1. The molecule has 1 heteroatoms. The molecule has 2 rings (SSSR count). The summed E-state index contributed by atoms with van der Waals surface area (Å²) in [5.41, 5.74) is 2.89. The van der Waals surface area contributed by atoms with Crippen LogP contribution >= 0.6 is 0 Å². The SMILES string of the molecule is CCCCCC[N+](CCCCCC)(c1ccccc1)c1ccccc1. The van der Waals surface area contributed by atoms with E-state index in [9.17, 15) is 0 Å². The van der Waals surface area contributed by atoms with Gasteiger partial charge in [-0.2, -0.15) is 0 Å². The lowest BCUT2D eigenvalue weighted by atomic mass is 10.1. The van der Waals surface area contributed by atoms with Gasteiger partial charge in [0.1, 0.15) is 11.4 Å². The molecule has 0 unspecified atom stereocenters. The van der Waals surface area contributed by atoms with Gasteiger partial charge in [0.15, 0.2) is 0 Å². The summed E-state index contributed by atoms with van der Waals surface area (Å²) >= 11 is 0. The molecular weight excluding hydrogens is 302 g/mol. The van der Waals surface area contributed by atoms with Crippen LogP contribution in [0.15, 0.2) is 60.7 Å².